The first-order valence-electron chi connectivity index (χ1n) is 11.5. The van der Waals surface area contributed by atoms with E-state index in [1.54, 1.807) is 0 Å². The van der Waals surface area contributed by atoms with Crippen LogP contribution in [0.1, 0.15) is 40.9 Å². The van der Waals surface area contributed by atoms with Crippen molar-refractivity contribution in [1.82, 2.24) is 5.01 Å². The Balaban J connectivity index is 1.29. The van der Waals surface area contributed by atoms with E-state index in [2.05, 4.69) is 57.3 Å². The lowest BCUT2D eigenvalue weighted by Gasteiger charge is -2.38. The topological polar surface area (TPSA) is 34.1 Å². The molecule has 0 bridgehead atoms. The first-order valence-corrected chi connectivity index (χ1v) is 12.7. The number of nitrogens with zero attached hydrogens (tertiary/aromatic N) is 2. The third-order valence-corrected chi connectivity index (χ3v) is 7.11. The second kappa shape index (κ2) is 9.40. The van der Waals surface area contributed by atoms with Gasteiger partial charge in [-0.1, -0.05) is 70.0 Å². The van der Waals surface area contributed by atoms with Gasteiger partial charge in [-0.3, -0.25) is 0 Å². The van der Waals surface area contributed by atoms with Crippen LogP contribution < -0.4 is 9.47 Å². The van der Waals surface area contributed by atoms with Gasteiger partial charge in [0.2, 0.25) is 6.23 Å². The second-order valence-corrected chi connectivity index (χ2v) is 10.0. The summed E-state index contributed by atoms with van der Waals surface area (Å²) in [6, 6.07) is 32.4. The molecule has 6 heteroatoms. The van der Waals surface area contributed by atoms with Crippen molar-refractivity contribution in [1.29, 1.82) is 0 Å². The summed E-state index contributed by atoms with van der Waals surface area (Å²) in [5.74, 6) is 1.66. The molecule has 2 atom stereocenters. The van der Waals surface area contributed by atoms with E-state index in [9.17, 15) is 0 Å². The molecule has 4 nitrogen and oxygen atoms in total. The standard InChI is InChI=1S/C29H22BrClN2O2/c30-22-10-6-20(7-11-22)26-17-27-25-16-23(31)12-15-28(25)35-29(33(27)32-26)21-8-13-24(14-9-21)34-18-19-4-2-1-3-5-19/h1-16,27,29H,17-18H2/t27-,29-/m0/s1. The predicted molar refractivity (Wildman–Crippen MR) is 142 cm³/mol. The van der Waals surface area contributed by atoms with Crippen molar-refractivity contribution in [2.24, 2.45) is 5.10 Å². The maximum absolute atomic E-state index is 6.47. The zero-order valence-corrected chi connectivity index (χ0v) is 21.1. The Kier molecular flexibility index (Phi) is 5.96. The van der Waals surface area contributed by atoms with Gasteiger partial charge in [-0.15, -0.1) is 0 Å². The zero-order valence-electron chi connectivity index (χ0n) is 18.8. The second-order valence-electron chi connectivity index (χ2n) is 8.65. The van der Waals surface area contributed by atoms with Gasteiger partial charge < -0.3 is 9.47 Å². The lowest BCUT2D eigenvalue weighted by Crippen LogP contribution is -2.33. The van der Waals surface area contributed by atoms with Gasteiger partial charge in [0.15, 0.2) is 0 Å². The molecule has 0 radical (unpaired) electrons. The van der Waals surface area contributed by atoms with Gasteiger partial charge in [0.25, 0.3) is 0 Å². The number of rotatable bonds is 5. The largest absolute Gasteiger partial charge is 0.489 e. The van der Waals surface area contributed by atoms with Gasteiger partial charge >= 0.3 is 0 Å². The maximum Gasteiger partial charge on any atom is 0.213 e. The average molecular weight is 546 g/mol. The molecule has 0 spiro atoms. The molecule has 0 aromatic heterocycles. The minimum atomic E-state index is -0.343. The van der Waals surface area contributed by atoms with Gasteiger partial charge in [0.05, 0.1) is 11.8 Å². The fourth-order valence-electron chi connectivity index (χ4n) is 4.56. The smallest absolute Gasteiger partial charge is 0.213 e. The lowest BCUT2D eigenvalue weighted by molar-refractivity contribution is -0.0190. The van der Waals surface area contributed by atoms with Crippen LogP contribution in [0.25, 0.3) is 0 Å². The van der Waals surface area contributed by atoms with Gasteiger partial charge in [-0.05, 0) is 65.7 Å². The third-order valence-electron chi connectivity index (χ3n) is 6.34. The van der Waals surface area contributed by atoms with Crippen LogP contribution in [0, 0.1) is 0 Å². The van der Waals surface area contributed by atoms with Crippen LogP contribution in [-0.4, -0.2) is 10.7 Å². The van der Waals surface area contributed by atoms with Crippen molar-refractivity contribution in [3.8, 4) is 11.5 Å². The Bertz CT molecular complexity index is 1370. The molecule has 4 aromatic rings. The molecule has 35 heavy (non-hydrogen) atoms. The van der Waals surface area contributed by atoms with Crippen LogP contribution in [0.4, 0.5) is 0 Å². The summed E-state index contributed by atoms with van der Waals surface area (Å²) in [7, 11) is 0. The Hall–Kier alpha value is -3.28. The molecule has 0 amide bonds. The summed E-state index contributed by atoms with van der Waals surface area (Å²) in [4.78, 5) is 0. The highest BCUT2D eigenvalue weighted by Crippen LogP contribution is 2.48. The molecule has 4 aromatic carbocycles. The van der Waals surface area contributed by atoms with E-state index in [-0.39, 0.29) is 12.3 Å². The van der Waals surface area contributed by atoms with E-state index in [4.69, 9.17) is 26.2 Å². The van der Waals surface area contributed by atoms with Crippen LogP contribution in [0.2, 0.25) is 5.02 Å². The zero-order chi connectivity index (χ0) is 23.8. The van der Waals surface area contributed by atoms with Crippen molar-refractivity contribution in [2.45, 2.75) is 25.3 Å². The molecule has 0 saturated carbocycles. The summed E-state index contributed by atoms with van der Waals surface area (Å²) >= 11 is 9.87. The van der Waals surface area contributed by atoms with E-state index >= 15 is 0 Å². The van der Waals surface area contributed by atoms with E-state index in [1.807, 2.05) is 60.7 Å². The number of ether oxygens (including phenoxy) is 2. The summed E-state index contributed by atoms with van der Waals surface area (Å²) in [5, 5.41) is 7.79. The molecular formula is C29H22BrClN2O2. The van der Waals surface area contributed by atoms with Crippen molar-refractivity contribution in [3.05, 3.63) is 129 Å². The van der Waals surface area contributed by atoms with Crippen LogP contribution in [-0.2, 0) is 6.61 Å². The number of hydrogen-bond donors (Lipinski definition) is 0. The molecule has 2 aliphatic heterocycles. The van der Waals surface area contributed by atoms with Crippen LogP contribution in [0.3, 0.4) is 0 Å². The highest BCUT2D eigenvalue weighted by Gasteiger charge is 2.41. The summed E-state index contributed by atoms with van der Waals surface area (Å²) in [5.41, 5.74) is 5.36. The Morgan fingerprint density at radius 2 is 1.71 bits per heavy atom. The fourth-order valence-corrected chi connectivity index (χ4v) is 5.01. The van der Waals surface area contributed by atoms with Gasteiger partial charge in [-0.25, -0.2) is 5.01 Å². The minimum absolute atomic E-state index is 0.0510. The monoisotopic (exact) mass is 544 g/mol. The Morgan fingerprint density at radius 3 is 2.49 bits per heavy atom. The summed E-state index contributed by atoms with van der Waals surface area (Å²) < 4.78 is 13.5. The Morgan fingerprint density at radius 1 is 0.943 bits per heavy atom. The van der Waals surface area contributed by atoms with Crippen LogP contribution >= 0.6 is 27.5 Å². The lowest BCUT2D eigenvalue weighted by atomic mass is 9.96. The van der Waals surface area contributed by atoms with E-state index in [1.165, 1.54) is 0 Å². The highest BCUT2D eigenvalue weighted by molar-refractivity contribution is 9.10. The van der Waals surface area contributed by atoms with Crippen LogP contribution in [0.15, 0.2) is 107 Å². The molecular weight excluding hydrogens is 524 g/mol. The summed E-state index contributed by atoms with van der Waals surface area (Å²) in [6.45, 7) is 0.531. The molecule has 2 heterocycles. The predicted octanol–water partition coefficient (Wildman–Crippen LogP) is 7.92. The summed E-state index contributed by atoms with van der Waals surface area (Å²) in [6.07, 6.45) is 0.442. The van der Waals surface area contributed by atoms with E-state index < -0.39 is 0 Å². The fraction of sp³-hybridized carbons (Fsp3) is 0.138. The number of hydrazone groups is 1. The number of fused-ring (bicyclic) bond motifs is 3. The first kappa shape index (κ1) is 22.2. The van der Waals surface area contributed by atoms with Gasteiger partial charge in [0.1, 0.15) is 18.1 Å². The molecule has 0 unspecified atom stereocenters. The van der Waals surface area contributed by atoms with Crippen molar-refractivity contribution in [3.63, 3.8) is 0 Å². The van der Waals surface area contributed by atoms with Crippen molar-refractivity contribution >= 4 is 33.2 Å². The molecule has 0 saturated heterocycles. The van der Waals surface area contributed by atoms with E-state index in [0.29, 0.717) is 11.6 Å². The SMILES string of the molecule is Clc1ccc2c(c1)[C@@H]1CC(c3ccc(Br)cc3)=NN1[C@H](c1ccc(OCc3ccccc3)cc1)O2. The first-order chi connectivity index (χ1) is 17.1. The third kappa shape index (κ3) is 4.54. The molecule has 174 valence electrons. The molecule has 0 aliphatic carbocycles. The molecule has 6 rings (SSSR count). The average Bonchev–Trinajstić information content (AvgIpc) is 3.34. The normalized spacial score (nSPS) is 18.3. The quantitative estimate of drug-likeness (QED) is 0.255. The highest BCUT2D eigenvalue weighted by atomic mass is 79.9. The number of halogens is 2. The molecule has 0 fully saturated rings. The van der Waals surface area contributed by atoms with Crippen LogP contribution in [0.5, 0.6) is 11.5 Å². The number of benzene rings is 4. The van der Waals surface area contributed by atoms with Gasteiger partial charge in [0, 0.05) is 27.0 Å². The maximum atomic E-state index is 6.47. The minimum Gasteiger partial charge on any atom is -0.489 e. The van der Waals surface area contributed by atoms with Crippen molar-refractivity contribution < 1.29 is 9.47 Å². The molecule has 0 N–H and O–H groups in total. The Labute approximate surface area is 217 Å². The number of hydrogen-bond acceptors (Lipinski definition) is 4. The van der Waals surface area contributed by atoms with E-state index in [0.717, 1.165) is 50.4 Å². The van der Waals surface area contributed by atoms with Crippen molar-refractivity contribution in [2.75, 3.05) is 0 Å². The van der Waals surface area contributed by atoms with Gasteiger partial charge in [-0.2, -0.15) is 5.10 Å². The molecule has 2 aliphatic rings.